The van der Waals surface area contributed by atoms with E-state index in [0.29, 0.717) is 10.3 Å². The first-order valence-corrected chi connectivity index (χ1v) is 3.69. The Kier molecular flexibility index (Phi) is 2.59. The molecule has 1 rings (SSSR count). The van der Waals surface area contributed by atoms with Crippen LogP contribution in [-0.4, -0.2) is 15.1 Å². The van der Waals surface area contributed by atoms with E-state index in [1.165, 1.54) is 6.20 Å². The van der Waals surface area contributed by atoms with Crippen molar-refractivity contribution in [3.63, 3.8) is 0 Å². The Labute approximate surface area is 71.2 Å². The molecular weight excluding hydrogens is 219 g/mol. The molecular formula is C5H4BrClN2O. The highest BCUT2D eigenvalue weighted by molar-refractivity contribution is 9.10. The van der Waals surface area contributed by atoms with Crippen LogP contribution in [0, 0.1) is 0 Å². The number of hydrogen-bond donors (Lipinski definition) is 1. The van der Waals surface area contributed by atoms with E-state index in [4.69, 9.17) is 16.7 Å². The van der Waals surface area contributed by atoms with E-state index in [0.717, 1.165) is 0 Å². The Hall–Kier alpha value is -0.190. The lowest BCUT2D eigenvalue weighted by atomic mass is 10.5. The van der Waals surface area contributed by atoms with Crippen LogP contribution in [0.3, 0.4) is 0 Å². The van der Waals surface area contributed by atoms with E-state index >= 15 is 0 Å². The van der Waals surface area contributed by atoms with Crippen LogP contribution < -0.4 is 0 Å². The lowest BCUT2D eigenvalue weighted by molar-refractivity contribution is 0.276. The minimum absolute atomic E-state index is 0.189. The molecule has 3 nitrogen and oxygen atoms in total. The zero-order chi connectivity index (χ0) is 7.56. The molecule has 0 aliphatic carbocycles. The van der Waals surface area contributed by atoms with Gasteiger partial charge < -0.3 is 5.11 Å². The second-order valence-corrected chi connectivity index (χ2v) is 2.76. The number of halogens is 2. The maximum absolute atomic E-state index is 8.64. The van der Waals surface area contributed by atoms with Crippen molar-refractivity contribution in [2.75, 3.05) is 0 Å². The molecule has 1 N–H and O–H groups in total. The van der Waals surface area contributed by atoms with Crippen molar-refractivity contribution in [2.45, 2.75) is 6.61 Å². The van der Waals surface area contributed by atoms with Gasteiger partial charge in [0.05, 0.1) is 12.8 Å². The van der Waals surface area contributed by atoms with Crippen molar-refractivity contribution in [3.8, 4) is 0 Å². The molecule has 0 saturated heterocycles. The fourth-order valence-corrected chi connectivity index (χ4v) is 0.956. The fraction of sp³-hybridized carbons (Fsp3) is 0.200. The molecule has 0 fully saturated rings. The molecule has 0 aromatic carbocycles. The summed E-state index contributed by atoms with van der Waals surface area (Å²) in [6.45, 7) is -0.189. The van der Waals surface area contributed by atoms with Crippen LogP contribution in [0.4, 0.5) is 0 Å². The number of hydrogen-bond acceptors (Lipinski definition) is 3. The molecule has 54 valence electrons. The average Bonchev–Trinajstić information content (AvgIpc) is 1.94. The number of aliphatic hydroxyl groups excluding tert-OH is 1. The monoisotopic (exact) mass is 222 g/mol. The largest absolute Gasteiger partial charge is 0.390 e. The van der Waals surface area contributed by atoms with Crippen molar-refractivity contribution in [2.24, 2.45) is 0 Å². The smallest absolute Gasteiger partial charge is 0.152 e. The van der Waals surface area contributed by atoms with Gasteiger partial charge in [0, 0.05) is 0 Å². The molecule has 0 aliphatic rings. The molecule has 1 aromatic rings. The van der Waals surface area contributed by atoms with Crippen molar-refractivity contribution < 1.29 is 5.11 Å². The molecule has 0 bridgehead atoms. The van der Waals surface area contributed by atoms with Gasteiger partial charge in [-0.25, -0.2) is 9.97 Å². The zero-order valence-electron chi connectivity index (χ0n) is 4.88. The molecule has 1 heterocycles. The van der Waals surface area contributed by atoms with Crippen LogP contribution in [0.2, 0.25) is 5.15 Å². The van der Waals surface area contributed by atoms with Gasteiger partial charge in [0.1, 0.15) is 10.3 Å². The molecule has 0 aliphatic heterocycles. The van der Waals surface area contributed by atoms with Crippen LogP contribution in [0.15, 0.2) is 10.8 Å². The first kappa shape index (κ1) is 7.91. The van der Waals surface area contributed by atoms with Crippen LogP contribution in [0.5, 0.6) is 0 Å². The first-order chi connectivity index (χ1) is 4.74. The SMILES string of the molecule is OCc1nc(Br)cnc1Cl. The summed E-state index contributed by atoms with van der Waals surface area (Å²) < 4.78 is 0.570. The summed E-state index contributed by atoms with van der Waals surface area (Å²) in [4.78, 5) is 7.61. The highest BCUT2D eigenvalue weighted by Gasteiger charge is 2.00. The molecule has 0 radical (unpaired) electrons. The highest BCUT2D eigenvalue weighted by Crippen LogP contribution is 2.12. The fourth-order valence-electron chi connectivity index (χ4n) is 0.489. The first-order valence-electron chi connectivity index (χ1n) is 2.52. The van der Waals surface area contributed by atoms with Gasteiger partial charge in [0.25, 0.3) is 0 Å². The number of aliphatic hydroxyl groups is 1. The Morgan fingerprint density at radius 2 is 2.40 bits per heavy atom. The lowest BCUT2D eigenvalue weighted by Gasteiger charge is -1.96. The molecule has 1 aromatic heterocycles. The number of nitrogens with zero attached hydrogens (tertiary/aromatic N) is 2. The summed E-state index contributed by atoms with van der Waals surface area (Å²) >= 11 is 8.64. The maximum Gasteiger partial charge on any atom is 0.152 e. The number of rotatable bonds is 1. The third kappa shape index (κ3) is 1.65. The van der Waals surface area contributed by atoms with Crippen LogP contribution in [0.25, 0.3) is 0 Å². The second kappa shape index (κ2) is 3.27. The summed E-state index contributed by atoms with van der Waals surface area (Å²) in [6, 6.07) is 0. The summed E-state index contributed by atoms with van der Waals surface area (Å²) in [5.74, 6) is 0. The van der Waals surface area contributed by atoms with E-state index in [-0.39, 0.29) is 11.8 Å². The van der Waals surface area contributed by atoms with Gasteiger partial charge in [-0.15, -0.1) is 0 Å². The average molecular weight is 223 g/mol. The quantitative estimate of drug-likeness (QED) is 0.782. The molecule has 0 atom stereocenters. The van der Waals surface area contributed by atoms with Crippen molar-refractivity contribution in [1.29, 1.82) is 0 Å². The van der Waals surface area contributed by atoms with Gasteiger partial charge in [0.2, 0.25) is 0 Å². The van der Waals surface area contributed by atoms with Gasteiger partial charge in [-0.05, 0) is 15.9 Å². The Morgan fingerprint density at radius 1 is 1.70 bits per heavy atom. The molecule has 0 saturated carbocycles. The minimum atomic E-state index is -0.189. The topological polar surface area (TPSA) is 46.0 Å². The molecule has 10 heavy (non-hydrogen) atoms. The van der Waals surface area contributed by atoms with E-state index < -0.39 is 0 Å². The van der Waals surface area contributed by atoms with E-state index in [2.05, 4.69) is 25.9 Å². The molecule has 0 unspecified atom stereocenters. The number of aromatic nitrogens is 2. The molecule has 5 heteroatoms. The van der Waals surface area contributed by atoms with Crippen molar-refractivity contribution >= 4 is 27.5 Å². The third-order valence-corrected chi connectivity index (χ3v) is 1.61. The van der Waals surface area contributed by atoms with Crippen LogP contribution >= 0.6 is 27.5 Å². The summed E-state index contributed by atoms with van der Waals surface area (Å²) in [7, 11) is 0. The molecule has 0 amide bonds. The maximum atomic E-state index is 8.64. The zero-order valence-corrected chi connectivity index (χ0v) is 7.22. The van der Waals surface area contributed by atoms with Crippen molar-refractivity contribution in [1.82, 2.24) is 9.97 Å². The normalized spacial score (nSPS) is 9.90. The molecule has 0 spiro atoms. The van der Waals surface area contributed by atoms with Gasteiger partial charge >= 0.3 is 0 Å². The Morgan fingerprint density at radius 3 is 2.90 bits per heavy atom. The predicted octanol–water partition coefficient (Wildman–Crippen LogP) is 1.38. The Bertz CT molecular complexity index is 243. The van der Waals surface area contributed by atoms with Crippen LogP contribution in [0.1, 0.15) is 5.69 Å². The van der Waals surface area contributed by atoms with E-state index in [1.807, 2.05) is 0 Å². The lowest BCUT2D eigenvalue weighted by Crippen LogP contribution is -1.92. The van der Waals surface area contributed by atoms with Gasteiger partial charge in [-0.2, -0.15) is 0 Å². The highest BCUT2D eigenvalue weighted by atomic mass is 79.9. The standard InChI is InChI=1S/C5H4BrClN2O/c6-4-1-8-5(7)3(2-10)9-4/h1,10H,2H2. The Balaban J connectivity index is 3.09. The third-order valence-electron chi connectivity index (χ3n) is 0.914. The van der Waals surface area contributed by atoms with Gasteiger partial charge in [-0.3, -0.25) is 0 Å². The predicted molar refractivity (Wildman–Crippen MR) is 40.7 cm³/mol. The van der Waals surface area contributed by atoms with Gasteiger partial charge in [0.15, 0.2) is 5.15 Å². The van der Waals surface area contributed by atoms with E-state index in [1.54, 1.807) is 0 Å². The summed E-state index contributed by atoms with van der Waals surface area (Å²) in [5, 5.41) is 8.88. The summed E-state index contributed by atoms with van der Waals surface area (Å²) in [5.41, 5.74) is 0.385. The summed E-state index contributed by atoms with van der Waals surface area (Å²) in [6.07, 6.45) is 1.47. The van der Waals surface area contributed by atoms with Gasteiger partial charge in [-0.1, -0.05) is 11.6 Å². The van der Waals surface area contributed by atoms with E-state index in [9.17, 15) is 0 Å². The van der Waals surface area contributed by atoms with Crippen LogP contribution in [-0.2, 0) is 6.61 Å². The van der Waals surface area contributed by atoms with Crippen molar-refractivity contribution in [3.05, 3.63) is 21.6 Å². The second-order valence-electron chi connectivity index (χ2n) is 1.59. The minimum Gasteiger partial charge on any atom is -0.390 e.